The second-order valence-electron chi connectivity index (χ2n) is 5.28. The Bertz CT molecular complexity index is 872. The lowest BCUT2D eigenvalue weighted by Gasteiger charge is -2.10. The van der Waals surface area contributed by atoms with Crippen molar-refractivity contribution in [2.45, 2.75) is 13.5 Å². The van der Waals surface area contributed by atoms with Gasteiger partial charge in [-0.15, -0.1) is 0 Å². The van der Waals surface area contributed by atoms with Gasteiger partial charge < -0.3 is 4.74 Å². The minimum atomic E-state index is -0.101. The number of pyridine rings is 1. The topological polar surface area (TPSA) is 31.2 Å². The lowest BCUT2D eigenvalue weighted by atomic mass is 10.2. The predicted octanol–water partition coefficient (Wildman–Crippen LogP) is 4.33. The number of nitrogens with zero attached hydrogens (tertiary/aromatic N) is 1. The van der Waals surface area contributed by atoms with Crippen LogP contribution in [0.1, 0.15) is 11.1 Å². The van der Waals surface area contributed by atoms with Crippen molar-refractivity contribution in [3.05, 3.63) is 91.9 Å². The summed E-state index contributed by atoms with van der Waals surface area (Å²) in [5.41, 5.74) is 2.99. The van der Waals surface area contributed by atoms with Gasteiger partial charge in [-0.3, -0.25) is 9.36 Å². The fraction of sp³-hybridized carbons (Fsp3) is 0.105. The number of halogens is 1. The molecule has 1 heterocycles. The summed E-state index contributed by atoms with van der Waals surface area (Å²) in [6.07, 6.45) is 1.75. The fourth-order valence-electron chi connectivity index (χ4n) is 2.28. The Hall–Kier alpha value is -2.08. The van der Waals surface area contributed by atoms with Crippen LogP contribution in [0.15, 0.2) is 71.7 Å². The molecule has 0 saturated heterocycles. The number of ether oxygens (including phenoxy) is 1. The zero-order valence-electron chi connectivity index (χ0n) is 12.7. The standard InChI is InChI=1S/C19H16INO2/c1-14-11-16(7-8-18(14)20)21-10-9-17(12-19(21)22)23-13-15-5-3-2-4-6-15/h2-12H,13H2,1H3. The van der Waals surface area contributed by atoms with Crippen LogP contribution in [0.2, 0.25) is 0 Å². The Balaban J connectivity index is 1.80. The van der Waals surface area contributed by atoms with Gasteiger partial charge in [0.2, 0.25) is 0 Å². The summed E-state index contributed by atoms with van der Waals surface area (Å²) in [6.45, 7) is 2.49. The molecule has 3 aromatic rings. The molecule has 0 N–H and O–H groups in total. The van der Waals surface area contributed by atoms with Gasteiger partial charge in [0.05, 0.1) is 0 Å². The summed E-state index contributed by atoms with van der Waals surface area (Å²) < 4.78 is 8.50. The average molecular weight is 417 g/mol. The van der Waals surface area contributed by atoms with Crippen LogP contribution in [0.4, 0.5) is 0 Å². The second-order valence-corrected chi connectivity index (χ2v) is 6.44. The molecule has 2 aromatic carbocycles. The Morgan fingerprint density at radius 1 is 1.04 bits per heavy atom. The molecule has 0 aliphatic rings. The van der Waals surface area contributed by atoms with Crippen molar-refractivity contribution in [2.75, 3.05) is 0 Å². The molecule has 1 aromatic heterocycles. The first-order valence-electron chi connectivity index (χ1n) is 7.29. The van der Waals surface area contributed by atoms with Crippen molar-refractivity contribution < 1.29 is 4.74 Å². The summed E-state index contributed by atoms with van der Waals surface area (Å²) in [6, 6.07) is 19.2. The van der Waals surface area contributed by atoms with E-state index in [0.29, 0.717) is 12.4 Å². The molecule has 0 atom stereocenters. The third-order valence-electron chi connectivity index (χ3n) is 3.56. The highest BCUT2D eigenvalue weighted by Gasteiger charge is 2.04. The van der Waals surface area contributed by atoms with Crippen molar-refractivity contribution >= 4 is 22.6 Å². The van der Waals surface area contributed by atoms with E-state index in [9.17, 15) is 4.79 Å². The minimum absolute atomic E-state index is 0.101. The molecular weight excluding hydrogens is 401 g/mol. The normalized spacial score (nSPS) is 10.5. The maximum atomic E-state index is 12.3. The summed E-state index contributed by atoms with van der Waals surface area (Å²) in [4.78, 5) is 12.3. The molecule has 0 unspecified atom stereocenters. The van der Waals surface area contributed by atoms with Crippen molar-refractivity contribution in [1.82, 2.24) is 4.57 Å². The van der Waals surface area contributed by atoms with E-state index in [4.69, 9.17) is 4.74 Å². The van der Waals surface area contributed by atoms with Crippen molar-refractivity contribution in [2.24, 2.45) is 0 Å². The average Bonchev–Trinajstić information content (AvgIpc) is 2.57. The van der Waals surface area contributed by atoms with Crippen LogP contribution in [0.3, 0.4) is 0 Å². The van der Waals surface area contributed by atoms with E-state index in [-0.39, 0.29) is 5.56 Å². The number of aromatic nitrogens is 1. The van der Waals surface area contributed by atoms with Crippen LogP contribution in [0.25, 0.3) is 5.69 Å². The first-order chi connectivity index (χ1) is 11.1. The van der Waals surface area contributed by atoms with E-state index in [0.717, 1.165) is 16.8 Å². The monoisotopic (exact) mass is 417 g/mol. The first kappa shape index (κ1) is 15.8. The number of hydrogen-bond donors (Lipinski definition) is 0. The SMILES string of the molecule is Cc1cc(-n2ccc(OCc3ccccc3)cc2=O)ccc1I. The molecule has 23 heavy (non-hydrogen) atoms. The Kier molecular flexibility index (Phi) is 4.81. The molecule has 4 heteroatoms. The summed E-state index contributed by atoms with van der Waals surface area (Å²) in [5.74, 6) is 0.581. The highest BCUT2D eigenvalue weighted by molar-refractivity contribution is 14.1. The third kappa shape index (κ3) is 3.82. The highest BCUT2D eigenvalue weighted by Crippen LogP contribution is 2.16. The molecule has 116 valence electrons. The maximum Gasteiger partial charge on any atom is 0.258 e. The summed E-state index contributed by atoms with van der Waals surface area (Å²) in [5, 5.41) is 0. The molecule has 0 aliphatic heterocycles. The molecule has 0 amide bonds. The van der Waals surface area contributed by atoms with Crippen molar-refractivity contribution in [1.29, 1.82) is 0 Å². The summed E-state index contributed by atoms with van der Waals surface area (Å²) in [7, 11) is 0. The first-order valence-corrected chi connectivity index (χ1v) is 8.37. The van der Waals surface area contributed by atoms with Crippen LogP contribution < -0.4 is 10.3 Å². The van der Waals surface area contributed by atoms with Gasteiger partial charge in [0.25, 0.3) is 5.56 Å². The fourth-order valence-corrected chi connectivity index (χ4v) is 2.62. The predicted molar refractivity (Wildman–Crippen MR) is 100 cm³/mol. The Labute approximate surface area is 148 Å². The lowest BCUT2D eigenvalue weighted by Crippen LogP contribution is -2.17. The largest absolute Gasteiger partial charge is 0.489 e. The molecule has 0 bridgehead atoms. The van der Waals surface area contributed by atoms with E-state index < -0.39 is 0 Å². The zero-order valence-corrected chi connectivity index (χ0v) is 14.9. The van der Waals surface area contributed by atoms with Crippen molar-refractivity contribution in [3.8, 4) is 11.4 Å². The quantitative estimate of drug-likeness (QED) is 0.592. The molecule has 0 radical (unpaired) electrons. The highest BCUT2D eigenvalue weighted by atomic mass is 127. The van der Waals surface area contributed by atoms with Crippen LogP contribution in [0, 0.1) is 10.5 Å². The molecule has 3 nitrogen and oxygen atoms in total. The zero-order chi connectivity index (χ0) is 16.2. The molecule has 0 fully saturated rings. The molecular formula is C19H16INO2. The van der Waals surface area contributed by atoms with E-state index >= 15 is 0 Å². The van der Waals surface area contributed by atoms with Gasteiger partial charge >= 0.3 is 0 Å². The number of benzene rings is 2. The number of aryl methyl sites for hydroxylation is 1. The van der Waals surface area contributed by atoms with Gasteiger partial charge in [-0.25, -0.2) is 0 Å². The maximum absolute atomic E-state index is 12.3. The molecule has 0 aliphatic carbocycles. The van der Waals surface area contributed by atoms with Gasteiger partial charge in [-0.2, -0.15) is 0 Å². The van der Waals surface area contributed by atoms with Crippen LogP contribution >= 0.6 is 22.6 Å². The van der Waals surface area contributed by atoms with Gasteiger partial charge in [-0.1, -0.05) is 30.3 Å². The number of rotatable bonds is 4. The van der Waals surface area contributed by atoms with Crippen LogP contribution in [-0.2, 0) is 6.61 Å². The summed E-state index contributed by atoms with van der Waals surface area (Å²) >= 11 is 2.28. The van der Waals surface area contributed by atoms with Crippen LogP contribution in [0.5, 0.6) is 5.75 Å². The second kappa shape index (κ2) is 7.00. The van der Waals surface area contributed by atoms with Gasteiger partial charge in [-0.05, 0) is 64.9 Å². The van der Waals surface area contributed by atoms with E-state index in [1.807, 2.05) is 61.5 Å². The third-order valence-corrected chi connectivity index (χ3v) is 4.77. The Morgan fingerprint density at radius 2 is 1.83 bits per heavy atom. The Morgan fingerprint density at radius 3 is 2.52 bits per heavy atom. The van der Waals surface area contributed by atoms with E-state index in [2.05, 4.69) is 22.6 Å². The van der Waals surface area contributed by atoms with Crippen LogP contribution in [-0.4, -0.2) is 4.57 Å². The molecule has 0 saturated carbocycles. The smallest absolute Gasteiger partial charge is 0.258 e. The van der Waals surface area contributed by atoms with Gasteiger partial charge in [0.1, 0.15) is 12.4 Å². The van der Waals surface area contributed by atoms with Gasteiger partial charge in [0, 0.05) is 21.5 Å². The minimum Gasteiger partial charge on any atom is -0.489 e. The van der Waals surface area contributed by atoms with Gasteiger partial charge in [0.15, 0.2) is 0 Å². The molecule has 0 spiro atoms. The van der Waals surface area contributed by atoms with E-state index in [1.165, 1.54) is 9.64 Å². The van der Waals surface area contributed by atoms with Crippen molar-refractivity contribution in [3.63, 3.8) is 0 Å². The van der Waals surface area contributed by atoms with E-state index in [1.54, 1.807) is 10.8 Å². The number of hydrogen-bond acceptors (Lipinski definition) is 2. The molecule has 3 rings (SSSR count). The lowest BCUT2D eigenvalue weighted by molar-refractivity contribution is 0.305.